The normalized spacial score (nSPS) is 43.1. The number of aliphatic hydroxyl groups excluding tert-OH is 9. The second-order valence-electron chi connectivity index (χ2n) is 11.4. The number of nitrogens with one attached hydrogen (secondary N) is 2. The molecule has 16 unspecified atom stereocenters. The van der Waals surface area contributed by atoms with E-state index in [0.29, 0.717) is 0 Å². The number of aliphatic hydroxyl groups is 9. The first-order valence-electron chi connectivity index (χ1n) is 14.5. The van der Waals surface area contributed by atoms with Crippen LogP contribution in [0.1, 0.15) is 6.42 Å². The lowest BCUT2D eigenvalue weighted by Gasteiger charge is -2.49. The van der Waals surface area contributed by atoms with Crippen LogP contribution in [0.2, 0.25) is 0 Å². The lowest BCUT2D eigenvalue weighted by atomic mass is 9.83. The van der Waals surface area contributed by atoms with E-state index in [9.17, 15) is 50.9 Å². The van der Waals surface area contributed by atoms with Gasteiger partial charge in [-0.2, -0.15) is 0 Å². The first-order chi connectivity index (χ1) is 21.2. The molecule has 21 heteroatoms. The molecule has 45 heavy (non-hydrogen) atoms. The summed E-state index contributed by atoms with van der Waals surface area (Å²) < 4.78 is 22.8. The van der Waals surface area contributed by atoms with Gasteiger partial charge in [0.05, 0.1) is 37.9 Å². The van der Waals surface area contributed by atoms with Crippen LogP contribution in [0.15, 0.2) is 0 Å². The molecule has 0 bridgehead atoms. The average Bonchev–Trinajstić information content (AvgIpc) is 3.01. The summed E-state index contributed by atoms with van der Waals surface area (Å²) >= 11 is 0. The third-order valence-corrected chi connectivity index (χ3v) is 8.03. The van der Waals surface area contributed by atoms with Crippen molar-refractivity contribution >= 4 is 6.03 Å². The Labute approximate surface area is 258 Å². The number of hydrogen-bond acceptors (Lipinski definition) is 19. The van der Waals surface area contributed by atoms with Crippen LogP contribution in [0.25, 0.3) is 0 Å². The summed E-state index contributed by atoms with van der Waals surface area (Å²) in [5, 5.41) is 107. The molecule has 1 saturated carbocycles. The van der Waals surface area contributed by atoms with Crippen LogP contribution < -0.4 is 27.8 Å². The minimum absolute atomic E-state index is 0.0831. The average molecular weight is 661 g/mol. The van der Waals surface area contributed by atoms with Gasteiger partial charge in [-0.05, 0) is 6.42 Å². The summed E-state index contributed by atoms with van der Waals surface area (Å²) in [5.74, 6) is 0. The molecule has 16 atom stereocenters. The van der Waals surface area contributed by atoms with Gasteiger partial charge in [-0.15, -0.1) is 0 Å². The Morgan fingerprint density at radius 1 is 0.889 bits per heavy atom. The molecule has 0 radical (unpaired) electrons. The van der Waals surface area contributed by atoms with E-state index in [1.165, 1.54) is 0 Å². The van der Waals surface area contributed by atoms with Gasteiger partial charge in [0.1, 0.15) is 61.0 Å². The fourth-order valence-corrected chi connectivity index (χ4v) is 5.39. The molecule has 2 amide bonds. The van der Waals surface area contributed by atoms with E-state index in [1.54, 1.807) is 0 Å². The molecule has 21 nitrogen and oxygen atoms in total. The minimum atomic E-state index is -1.83. The van der Waals surface area contributed by atoms with Crippen LogP contribution in [0.3, 0.4) is 0 Å². The molecular formula is C24H48N6O15. The van der Waals surface area contributed by atoms with Crippen LogP contribution in [0.5, 0.6) is 0 Å². The highest BCUT2D eigenvalue weighted by Gasteiger charge is 2.52. The number of hydrogen-bond donors (Lipinski definition) is 15. The molecule has 18 N–H and O–H groups in total. The zero-order valence-corrected chi connectivity index (χ0v) is 24.4. The SMILES string of the molecule is NCCN(O)C(=O)NC1CC(N)C(OC2OC(CNCC(O)CO)C(O)C(O)C2O)C(O)C1OC1OC(CO)C(O)C(N)C1O. The van der Waals surface area contributed by atoms with Gasteiger partial charge in [-0.25, -0.2) is 9.86 Å². The molecular weight excluding hydrogens is 612 g/mol. The number of amides is 2. The van der Waals surface area contributed by atoms with E-state index < -0.39 is 117 Å². The van der Waals surface area contributed by atoms with E-state index in [2.05, 4.69) is 10.6 Å². The van der Waals surface area contributed by atoms with Crippen molar-refractivity contribution in [3.8, 4) is 0 Å². The predicted octanol–water partition coefficient (Wildman–Crippen LogP) is -8.91. The van der Waals surface area contributed by atoms with Crippen LogP contribution in [0, 0.1) is 0 Å². The molecule has 2 saturated heterocycles. The van der Waals surface area contributed by atoms with E-state index >= 15 is 0 Å². The summed E-state index contributed by atoms with van der Waals surface area (Å²) in [6.07, 6.45) is -20.2. The summed E-state index contributed by atoms with van der Waals surface area (Å²) in [6, 6.07) is -4.67. The van der Waals surface area contributed by atoms with Gasteiger partial charge < -0.3 is 92.7 Å². The number of hydroxylamine groups is 2. The van der Waals surface area contributed by atoms with E-state index in [-0.39, 0.29) is 37.7 Å². The molecule has 3 fully saturated rings. The lowest BCUT2D eigenvalue weighted by Crippen LogP contribution is -2.69. The van der Waals surface area contributed by atoms with Crippen LogP contribution in [-0.2, 0) is 18.9 Å². The highest BCUT2D eigenvalue weighted by atomic mass is 16.7. The smallest absolute Gasteiger partial charge is 0.341 e. The molecule has 3 rings (SSSR count). The quantitative estimate of drug-likeness (QED) is 0.0643. The Bertz CT molecular complexity index is 915. The molecule has 0 aromatic rings. The number of nitrogens with two attached hydrogens (primary N) is 3. The topological polar surface area (TPSA) is 362 Å². The van der Waals surface area contributed by atoms with Crippen molar-refractivity contribution in [2.45, 2.75) is 104 Å². The second kappa shape index (κ2) is 17.1. The van der Waals surface area contributed by atoms with Gasteiger partial charge in [-0.1, -0.05) is 0 Å². The summed E-state index contributed by atoms with van der Waals surface area (Å²) in [4.78, 5) is 12.6. The van der Waals surface area contributed by atoms with Crippen molar-refractivity contribution in [1.29, 1.82) is 0 Å². The highest BCUT2D eigenvalue weighted by molar-refractivity contribution is 5.73. The fraction of sp³-hybridized carbons (Fsp3) is 0.958. The Balaban J connectivity index is 1.82. The van der Waals surface area contributed by atoms with Gasteiger partial charge in [0.25, 0.3) is 0 Å². The van der Waals surface area contributed by atoms with E-state index in [1.807, 2.05) is 0 Å². The number of carbonyl (C=O) groups excluding carboxylic acids is 1. The lowest BCUT2D eigenvalue weighted by molar-refractivity contribution is -0.333. The second-order valence-corrected chi connectivity index (χ2v) is 11.4. The Morgan fingerprint density at radius 2 is 1.51 bits per heavy atom. The van der Waals surface area contributed by atoms with Crippen molar-refractivity contribution in [2.75, 3.05) is 39.4 Å². The van der Waals surface area contributed by atoms with Crippen molar-refractivity contribution in [3.63, 3.8) is 0 Å². The minimum Gasteiger partial charge on any atom is -0.394 e. The van der Waals surface area contributed by atoms with Gasteiger partial charge >= 0.3 is 6.03 Å². The molecule has 264 valence electrons. The first kappa shape index (κ1) is 38.0. The van der Waals surface area contributed by atoms with Crippen LogP contribution in [0.4, 0.5) is 4.79 Å². The molecule has 2 aliphatic heterocycles. The highest BCUT2D eigenvalue weighted by Crippen LogP contribution is 2.32. The number of rotatable bonds is 13. The van der Waals surface area contributed by atoms with Crippen molar-refractivity contribution in [3.05, 3.63) is 0 Å². The molecule has 3 aliphatic rings. The maximum Gasteiger partial charge on any atom is 0.341 e. The zero-order valence-electron chi connectivity index (χ0n) is 24.4. The van der Waals surface area contributed by atoms with E-state index in [0.717, 1.165) is 0 Å². The zero-order chi connectivity index (χ0) is 33.6. The van der Waals surface area contributed by atoms with Crippen molar-refractivity contribution < 1.29 is 74.9 Å². The third-order valence-electron chi connectivity index (χ3n) is 8.03. The van der Waals surface area contributed by atoms with Gasteiger partial charge in [0, 0.05) is 25.7 Å². The third kappa shape index (κ3) is 9.13. The maximum absolute atomic E-state index is 12.6. The first-order valence-corrected chi connectivity index (χ1v) is 14.5. The number of carbonyl (C=O) groups is 1. The predicted molar refractivity (Wildman–Crippen MR) is 147 cm³/mol. The molecule has 2 heterocycles. The van der Waals surface area contributed by atoms with E-state index in [4.69, 9.17) is 41.3 Å². The molecule has 0 aromatic heterocycles. The van der Waals surface area contributed by atoms with Gasteiger partial charge in [0.2, 0.25) is 0 Å². The monoisotopic (exact) mass is 660 g/mol. The molecule has 1 aliphatic carbocycles. The summed E-state index contributed by atoms with van der Waals surface area (Å²) in [6.45, 7) is -1.81. The fourth-order valence-electron chi connectivity index (χ4n) is 5.39. The Kier molecular flexibility index (Phi) is 14.4. The number of urea groups is 1. The summed E-state index contributed by atoms with van der Waals surface area (Å²) in [5.41, 5.74) is 17.6. The van der Waals surface area contributed by atoms with Crippen LogP contribution >= 0.6 is 0 Å². The standard InChI is InChI=1S/C24H48N6O15/c25-1-2-30(41)24(40)29-10-3-9(26)20(19(39)21(10)45-22-16(36)13(27)14(34)12(7-32)43-22)44-23-18(38)17(37)15(35)11(42-23)5-28-4-8(33)6-31/h8-23,28,31-39,41H,1-7,25-27H2,(H,29,40). The Hall–Kier alpha value is -1.45. The number of ether oxygens (including phenoxy) is 4. The molecule has 0 aromatic carbocycles. The maximum atomic E-state index is 12.6. The van der Waals surface area contributed by atoms with Crippen molar-refractivity contribution in [2.24, 2.45) is 17.2 Å². The van der Waals surface area contributed by atoms with Gasteiger partial charge in [0.15, 0.2) is 12.6 Å². The summed E-state index contributed by atoms with van der Waals surface area (Å²) in [7, 11) is 0. The Morgan fingerprint density at radius 3 is 2.13 bits per heavy atom. The van der Waals surface area contributed by atoms with Gasteiger partial charge in [-0.3, -0.25) is 5.21 Å². The van der Waals surface area contributed by atoms with Crippen molar-refractivity contribution in [1.82, 2.24) is 15.7 Å². The molecule has 0 spiro atoms. The largest absolute Gasteiger partial charge is 0.394 e. The van der Waals surface area contributed by atoms with Crippen LogP contribution in [-0.4, -0.2) is 200 Å². The number of nitrogens with zero attached hydrogens (tertiary/aromatic N) is 1.